The highest BCUT2D eigenvalue weighted by molar-refractivity contribution is 14.1. The minimum Gasteiger partial charge on any atom is -0.393 e. The number of ketones is 1. The van der Waals surface area contributed by atoms with Gasteiger partial charge in [-0.05, 0) is 80.5 Å². The first-order valence-corrected chi connectivity index (χ1v) is 10.5. The molecule has 4 unspecified atom stereocenters. The predicted octanol–water partition coefficient (Wildman–Crippen LogP) is 4.37. The van der Waals surface area contributed by atoms with Crippen molar-refractivity contribution < 1.29 is 9.90 Å². The van der Waals surface area contributed by atoms with E-state index >= 15 is 0 Å². The Labute approximate surface area is 148 Å². The Morgan fingerprint density at radius 1 is 1.05 bits per heavy atom. The maximum absolute atomic E-state index is 12.7. The topological polar surface area (TPSA) is 37.3 Å². The molecule has 0 aromatic heterocycles. The summed E-state index contributed by atoms with van der Waals surface area (Å²) in [5.74, 6) is 3.45. The maximum atomic E-state index is 12.7. The van der Waals surface area contributed by atoms with E-state index in [1.54, 1.807) is 0 Å². The minimum atomic E-state index is -0.0599. The highest BCUT2D eigenvalue weighted by Crippen LogP contribution is 2.65. The monoisotopic (exact) mass is 416 g/mol. The van der Waals surface area contributed by atoms with Gasteiger partial charge >= 0.3 is 0 Å². The Morgan fingerprint density at radius 2 is 1.82 bits per heavy atom. The summed E-state index contributed by atoms with van der Waals surface area (Å²) >= 11 is 2.40. The number of carbonyl (C=O) groups is 1. The second kappa shape index (κ2) is 5.18. The lowest BCUT2D eigenvalue weighted by Gasteiger charge is -2.60. The van der Waals surface area contributed by atoms with Gasteiger partial charge in [0.2, 0.25) is 0 Å². The van der Waals surface area contributed by atoms with E-state index in [1.165, 1.54) is 25.7 Å². The van der Waals surface area contributed by atoms with Crippen molar-refractivity contribution in [3.05, 3.63) is 0 Å². The fourth-order valence-electron chi connectivity index (χ4n) is 6.98. The Balaban J connectivity index is 1.64. The van der Waals surface area contributed by atoms with E-state index in [-0.39, 0.29) is 15.4 Å². The molecule has 4 fully saturated rings. The van der Waals surface area contributed by atoms with Gasteiger partial charge < -0.3 is 5.11 Å². The van der Waals surface area contributed by atoms with Crippen molar-refractivity contribution in [2.45, 2.75) is 75.2 Å². The molecule has 0 heterocycles. The lowest BCUT2D eigenvalue weighted by molar-refractivity contribution is -0.142. The molecule has 124 valence electrons. The second-order valence-corrected chi connectivity index (χ2v) is 10.6. The lowest BCUT2D eigenvalue weighted by Crippen LogP contribution is -2.54. The van der Waals surface area contributed by atoms with Crippen molar-refractivity contribution in [2.75, 3.05) is 0 Å². The molecule has 4 rings (SSSR count). The number of halogens is 1. The molecule has 0 amide bonds. The van der Waals surface area contributed by atoms with Gasteiger partial charge in [0.1, 0.15) is 0 Å². The van der Waals surface area contributed by atoms with Gasteiger partial charge in [-0.2, -0.15) is 0 Å². The van der Waals surface area contributed by atoms with Crippen molar-refractivity contribution in [1.82, 2.24) is 0 Å². The zero-order valence-electron chi connectivity index (χ0n) is 13.9. The Kier molecular flexibility index (Phi) is 3.73. The molecule has 0 aromatic carbocycles. The van der Waals surface area contributed by atoms with Gasteiger partial charge in [-0.1, -0.05) is 36.4 Å². The summed E-state index contributed by atoms with van der Waals surface area (Å²) in [5.41, 5.74) is 0.403. The van der Waals surface area contributed by atoms with Crippen molar-refractivity contribution in [3.63, 3.8) is 0 Å². The van der Waals surface area contributed by atoms with Crippen LogP contribution in [-0.2, 0) is 4.79 Å². The van der Waals surface area contributed by atoms with Gasteiger partial charge in [0, 0.05) is 5.41 Å². The number of hydrogen-bond donors (Lipinski definition) is 1. The van der Waals surface area contributed by atoms with Crippen LogP contribution in [0.3, 0.4) is 0 Å². The predicted molar refractivity (Wildman–Crippen MR) is 95.9 cm³/mol. The van der Waals surface area contributed by atoms with E-state index in [9.17, 15) is 9.90 Å². The van der Waals surface area contributed by atoms with E-state index in [4.69, 9.17) is 0 Å². The number of alkyl halides is 1. The van der Waals surface area contributed by atoms with Crippen molar-refractivity contribution in [1.29, 1.82) is 0 Å². The summed E-state index contributed by atoms with van der Waals surface area (Å²) in [7, 11) is 0. The van der Waals surface area contributed by atoms with Crippen LogP contribution in [0.4, 0.5) is 0 Å². The molecule has 8 atom stereocenters. The molecule has 0 spiro atoms. The first kappa shape index (κ1) is 15.9. The van der Waals surface area contributed by atoms with Crippen LogP contribution >= 0.6 is 22.6 Å². The number of rotatable bonds is 0. The molecule has 4 aliphatic carbocycles. The van der Waals surface area contributed by atoms with Crippen LogP contribution in [0, 0.1) is 34.5 Å². The first-order chi connectivity index (χ1) is 10.4. The Bertz CT molecular complexity index is 492. The molecule has 0 saturated heterocycles. The summed E-state index contributed by atoms with van der Waals surface area (Å²) in [6, 6.07) is 0. The largest absolute Gasteiger partial charge is 0.393 e. The summed E-state index contributed by atoms with van der Waals surface area (Å²) in [6.45, 7) is 4.79. The number of aliphatic hydroxyl groups excluding tert-OH is 1. The van der Waals surface area contributed by atoms with E-state index in [0.717, 1.165) is 37.5 Å². The zero-order valence-corrected chi connectivity index (χ0v) is 16.0. The van der Waals surface area contributed by atoms with Gasteiger partial charge in [-0.25, -0.2) is 0 Å². The second-order valence-electron chi connectivity index (χ2n) is 9.11. The van der Waals surface area contributed by atoms with E-state index in [0.29, 0.717) is 23.0 Å². The number of fused-ring (bicyclic) bond motifs is 5. The number of hydrogen-bond acceptors (Lipinski definition) is 2. The fourth-order valence-corrected chi connectivity index (χ4v) is 8.24. The molecule has 2 nitrogen and oxygen atoms in total. The smallest absolute Gasteiger partial charge is 0.151 e. The zero-order chi connectivity index (χ0) is 15.7. The molecule has 4 aliphatic rings. The Hall–Kier alpha value is 0.360. The standard InChI is InChI=1S/C19H29IO2/c1-18-7-5-12(21)9-11(18)3-4-13-14(18)6-8-19(2)15(13)10-16(20)17(19)22/h11-16,21H,3-10H2,1-2H3/t11?,12-,13?,14?,15?,16+,18-,19-/m0/s1. The van der Waals surface area contributed by atoms with Crippen LogP contribution in [-0.4, -0.2) is 20.9 Å². The summed E-state index contributed by atoms with van der Waals surface area (Å²) in [4.78, 5) is 12.7. The fraction of sp³-hybridized carbons (Fsp3) is 0.947. The molecule has 1 N–H and O–H groups in total. The van der Waals surface area contributed by atoms with Crippen LogP contribution in [0.25, 0.3) is 0 Å². The molecule has 0 aliphatic heterocycles. The minimum absolute atomic E-state index is 0.0234. The van der Waals surface area contributed by atoms with Crippen LogP contribution in [0.2, 0.25) is 0 Å². The van der Waals surface area contributed by atoms with Gasteiger partial charge in [0.05, 0.1) is 10.0 Å². The van der Waals surface area contributed by atoms with Crippen molar-refractivity contribution in [3.8, 4) is 0 Å². The molecular weight excluding hydrogens is 387 g/mol. The first-order valence-electron chi connectivity index (χ1n) is 9.23. The quantitative estimate of drug-likeness (QED) is 0.470. The third-order valence-electron chi connectivity index (χ3n) is 8.34. The summed E-state index contributed by atoms with van der Waals surface area (Å²) in [5, 5.41) is 10.1. The van der Waals surface area contributed by atoms with Crippen LogP contribution in [0.1, 0.15) is 65.2 Å². The molecule has 0 radical (unpaired) electrons. The average molecular weight is 416 g/mol. The van der Waals surface area contributed by atoms with Crippen LogP contribution < -0.4 is 0 Å². The third-order valence-corrected chi connectivity index (χ3v) is 9.41. The molecular formula is C19H29IO2. The van der Waals surface area contributed by atoms with Crippen molar-refractivity contribution in [2.24, 2.45) is 34.5 Å². The van der Waals surface area contributed by atoms with E-state index in [1.807, 2.05) is 0 Å². The summed E-state index contributed by atoms with van der Waals surface area (Å²) in [6.07, 6.45) is 9.22. The normalized spacial score (nSPS) is 57.9. The van der Waals surface area contributed by atoms with Gasteiger partial charge in [-0.3, -0.25) is 4.79 Å². The molecule has 0 aromatic rings. The molecule has 4 saturated carbocycles. The van der Waals surface area contributed by atoms with Crippen molar-refractivity contribution >= 4 is 28.4 Å². The maximum Gasteiger partial charge on any atom is 0.151 e. The van der Waals surface area contributed by atoms with Crippen LogP contribution in [0.15, 0.2) is 0 Å². The SMILES string of the molecule is C[C@]12CC[C@H](O)CC1CCC1C2CC[C@]2(C)C(=O)[C@H](I)CC12. The van der Waals surface area contributed by atoms with Gasteiger partial charge in [0.15, 0.2) is 5.78 Å². The van der Waals surface area contributed by atoms with Crippen LogP contribution in [0.5, 0.6) is 0 Å². The molecule has 22 heavy (non-hydrogen) atoms. The van der Waals surface area contributed by atoms with E-state index in [2.05, 4.69) is 36.4 Å². The lowest BCUT2D eigenvalue weighted by atomic mass is 9.45. The Morgan fingerprint density at radius 3 is 2.59 bits per heavy atom. The third kappa shape index (κ3) is 2.03. The summed E-state index contributed by atoms with van der Waals surface area (Å²) < 4.78 is 0.255. The highest BCUT2D eigenvalue weighted by atomic mass is 127. The van der Waals surface area contributed by atoms with Gasteiger partial charge in [0.25, 0.3) is 0 Å². The van der Waals surface area contributed by atoms with E-state index < -0.39 is 0 Å². The average Bonchev–Trinajstić information content (AvgIpc) is 2.72. The molecule has 3 heteroatoms. The number of carbonyl (C=O) groups excluding carboxylic acids is 1. The molecule has 0 bridgehead atoms. The van der Waals surface area contributed by atoms with Gasteiger partial charge in [-0.15, -0.1) is 0 Å². The number of Topliss-reactive ketones (excluding diaryl/α,β-unsaturated/α-hetero) is 1. The number of aliphatic hydroxyl groups is 1. The highest BCUT2D eigenvalue weighted by Gasteiger charge is 2.61.